The molecule has 5 nitrogen and oxygen atoms in total. The first-order valence-corrected chi connectivity index (χ1v) is 8.21. The summed E-state index contributed by atoms with van der Waals surface area (Å²) in [5, 5.41) is 7.91. The Balaban J connectivity index is 1.53. The maximum Gasteiger partial charge on any atom is 0.164 e. The first kappa shape index (κ1) is 13.4. The zero-order valence-electron chi connectivity index (χ0n) is 11.5. The van der Waals surface area contributed by atoms with Crippen LogP contribution in [0.3, 0.4) is 0 Å². The lowest BCUT2D eigenvalue weighted by Crippen LogP contribution is -2.48. The number of rotatable bonds is 3. The highest BCUT2D eigenvalue weighted by Gasteiger charge is 2.38. The minimum absolute atomic E-state index is 0.151. The summed E-state index contributed by atoms with van der Waals surface area (Å²) in [6.45, 7) is 1.65. The molecule has 3 rings (SSSR count). The van der Waals surface area contributed by atoms with Crippen LogP contribution < -0.4 is 5.32 Å². The zero-order chi connectivity index (χ0) is 13.1. The van der Waals surface area contributed by atoms with Gasteiger partial charge in [0.2, 0.25) is 0 Å². The van der Waals surface area contributed by atoms with E-state index in [9.17, 15) is 0 Å². The second-order valence-corrected chi connectivity index (χ2v) is 6.77. The monoisotopic (exact) mass is 282 g/mol. The van der Waals surface area contributed by atoms with Gasteiger partial charge in [-0.05, 0) is 37.2 Å². The standard InChI is InChI=1S/C13H22N4OS/c1-17-10-15-12(16-17)9-14-11-2-5-18-13(8-11)3-6-19-7-4-13/h10-11,14H,2-9H2,1H3. The van der Waals surface area contributed by atoms with Gasteiger partial charge in [-0.3, -0.25) is 4.68 Å². The SMILES string of the molecule is Cn1cnc(CNC2CCOC3(CCSCC3)C2)n1. The molecule has 0 amide bonds. The fraction of sp³-hybridized carbons (Fsp3) is 0.846. The Morgan fingerprint density at radius 3 is 3.11 bits per heavy atom. The van der Waals surface area contributed by atoms with Crippen LogP contribution in [0.15, 0.2) is 6.33 Å². The molecule has 0 aromatic carbocycles. The van der Waals surface area contributed by atoms with Gasteiger partial charge in [-0.2, -0.15) is 16.9 Å². The van der Waals surface area contributed by atoms with Crippen molar-refractivity contribution in [3.05, 3.63) is 12.2 Å². The molecule has 19 heavy (non-hydrogen) atoms. The summed E-state index contributed by atoms with van der Waals surface area (Å²) in [7, 11) is 1.90. The number of aryl methyl sites for hydroxylation is 1. The lowest BCUT2D eigenvalue weighted by atomic mass is 9.85. The van der Waals surface area contributed by atoms with Gasteiger partial charge in [0.15, 0.2) is 5.82 Å². The Bertz CT molecular complexity index is 411. The van der Waals surface area contributed by atoms with E-state index in [2.05, 4.69) is 27.2 Å². The largest absolute Gasteiger partial charge is 0.375 e. The Hall–Kier alpha value is -0.590. The van der Waals surface area contributed by atoms with E-state index in [0.717, 1.165) is 31.8 Å². The summed E-state index contributed by atoms with van der Waals surface area (Å²) in [5.41, 5.74) is 0.151. The molecule has 0 bridgehead atoms. The molecular weight excluding hydrogens is 260 g/mol. The molecule has 1 aromatic rings. The highest BCUT2D eigenvalue weighted by atomic mass is 32.2. The first-order valence-electron chi connectivity index (χ1n) is 7.05. The van der Waals surface area contributed by atoms with Crippen LogP contribution in [0.25, 0.3) is 0 Å². The number of aromatic nitrogens is 3. The highest BCUT2D eigenvalue weighted by molar-refractivity contribution is 7.99. The van der Waals surface area contributed by atoms with Crippen LogP contribution in [0.4, 0.5) is 0 Å². The molecule has 1 N–H and O–H groups in total. The minimum Gasteiger partial charge on any atom is -0.375 e. The predicted octanol–water partition coefficient (Wildman–Crippen LogP) is 1.35. The number of hydrogen-bond donors (Lipinski definition) is 1. The summed E-state index contributed by atoms with van der Waals surface area (Å²) in [5.74, 6) is 3.37. The average molecular weight is 282 g/mol. The van der Waals surface area contributed by atoms with Gasteiger partial charge in [0.05, 0.1) is 12.1 Å². The van der Waals surface area contributed by atoms with Crippen LogP contribution in [0.1, 0.15) is 31.5 Å². The molecule has 2 fully saturated rings. The van der Waals surface area contributed by atoms with E-state index in [-0.39, 0.29) is 5.60 Å². The second kappa shape index (κ2) is 5.81. The van der Waals surface area contributed by atoms with Gasteiger partial charge in [0.25, 0.3) is 0 Å². The van der Waals surface area contributed by atoms with Gasteiger partial charge in [-0.25, -0.2) is 4.98 Å². The molecule has 0 aliphatic carbocycles. The van der Waals surface area contributed by atoms with Crippen molar-refractivity contribution in [2.24, 2.45) is 7.05 Å². The summed E-state index contributed by atoms with van der Waals surface area (Å²) in [6.07, 6.45) is 6.40. The van der Waals surface area contributed by atoms with Crippen molar-refractivity contribution < 1.29 is 4.74 Å². The number of nitrogens with one attached hydrogen (secondary N) is 1. The Morgan fingerprint density at radius 1 is 1.53 bits per heavy atom. The molecule has 1 spiro atoms. The maximum atomic E-state index is 6.10. The van der Waals surface area contributed by atoms with E-state index >= 15 is 0 Å². The molecule has 106 valence electrons. The van der Waals surface area contributed by atoms with Gasteiger partial charge < -0.3 is 10.1 Å². The van der Waals surface area contributed by atoms with E-state index in [4.69, 9.17) is 4.74 Å². The van der Waals surface area contributed by atoms with Crippen molar-refractivity contribution >= 4 is 11.8 Å². The van der Waals surface area contributed by atoms with Crippen LogP contribution in [0.5, 0.6) is 0 Å². The number of ether oxygens (including phenoxy) is 1. The zero-order valence-corrected chi connectivity index (χ0v) is 12.3. The molecule has 3 heterocycles. The molecule has 0 radical (unpaired) electrons. The smallest absolute Gasteiger partial charge is 0.164 e. The summed E-state index contributed by atoms with van der Waals surface area (Å²) >= 11 is 2.05. The average Bonchev–Trinajstić information content (AvgIpc) is 2.83. The van der Waals surface area contributed by atoms with Crippen LogP contribution in [0.2, 0.25) is 0 Å². The van der Waals surface area contributed by atoms with Crippen LogP contribution >= 0.6 is 11.8 Å². The van der Waals surface area contributed by atoms with Crippen molar-refractivity contribution in [1.29, 1.82) is 0 Å². The summed E-state index contributed by atoms with van der Waals surface area (Å²) < 4.78 is 7.85. The van der Waals surface area contributed by atoms with Gasteiger partial charge in [0, 0.05) is 19.7 Å². The minimum atomic E-state index is 0.151. The fourth-order valence-corrected chi connectivity index (χ4v) is 4.23. The summed E-state index contributed by atoms with van der Waals surface area (Å²) in [4.78, 5) is 4.26. The molecule has 2 aliphatic rings. The van der Waals surface area contributed by atoms with Gasteiger partial charge >= 0.3 is 0 Å². The summed E-state index contributed by atoms with van der Waals surface area (Å²) in [6, 6.07) is 0.542. The van der Waals surface area contributed by atoms with Crippen LogP contribution in [-0.4, -0.2) is 44.5 Å². The van der Waals surface area contributed by atoms with E-state index in [1.54, 1.807) is 11.0 Å². The molecule has 6 heteroatoms. The molecule has 0 saturated carbocycles. The third-order valence-corrected chi connectivity index (χ3v) is 5.08. The highest BCUT2D eigenvalue weighted by Crippen LogP contribution is 2.37. The van der Waals surface area contributed by atoms with E-state index in [0.29, 0.717) is 6.04 Å². The van der Waals surface area contributed by atoms with Crippen molar-refractivity contribution in [3.63, 3.8) is 0 Å². The third kappa shape index (κ3) is 3.30. The Morgan fingerprint density at radius 2 is 2.37 bits per heavy atom. The van der Waals surface area contributed by atoms with Crippen LogP contribution in [-0.2, 0) is 18.3 Å². The van der Waals surface area contributed by atoms with E-state index in [1.165, 1.54) is 24.3 Å². The van der Waals surface area contributed by atoms with E-state index < -0.39 is 0 Å². The van der Waals surface area contributed by atoms with Crippen molar-refractivity contribution in [2.75, 3.05) is 18.1 Å². The normalized spacial score (nSPS) is 26.7. The van der Waals surface area contributed by atoms with Crippen molar-refractivity contribution in [3.8, 4) is 0 Å². The van der Waals surface area contributed by atoms with Crippen molar-refractivity contribution in [2.45, 2.75) is 43.9 Å². The van der Waals surface area contributed by atoms with Gasteiger partial charge in [0.1, 0.15) is 6.33 Å². The lowest BCUT2D eigenvalue weighted by molar-refractivity contribution is -0.0933. The fourth-order valence-electron chi connectivity index (χ4n) is 2.99. The molecule has 1 unspecified atom stereocenters. The van der Waals surface area contributed by atoms with E-state index in [1.807, 2.05) is 7.05 Å². The molecule has 1 atom stereocenters. The number of thioether (sulfide) groups is 1. The van der Waals surface area contributed by atoms with Gasteiger partial charge in [-0.15, -0.1) is 0 Å². The van der Waals surface area contributed by atoms with Gasteiger partial charge in [-0.1, -0.05) is 0 Å². The number of nitrogens with zero attached hydrogens (tertiary/aromatic N) is 3. The topological polar surface area (TPSA) is 52.0 Å². The second-order valence-electron chi connectivity index (χ2n) is 5.55. The number of hydrogen-bond acceptors (Lipinski definition) is 5. The molecule has 2 aliphatic heterocycles. The predicted molar refractivity (Wildman–Crippen MR) is 76.1 cm³/mol. The van der Waals surface area contributed by atoms with Crippen LogP contribution in [0, 0.1) is 0 Å². The first-order chi connectivity index (χ1) is 9.26. The lowest BCUT2D eigenvalue weighted by Gasteiger charge is -2.43. The maximum absolute atomic E-state index is 6.10. The molecular formula is C13H22N4OS. The van der Waals surface area contributed by atoms with Crippen molar-refractivity contribution in [1.82, 2.24) is 20.1 Å². The molecule has 1 aromatic heterocycles. The Labute approximate surface area is 118 Å². The Kier molecular flexibility index (Phi) is 4.10. The third-order valence-electron chi connectivity index (χ3n) is 4.09. The molecule has 2 saturated heterocycles. The quantitative estimate of drug-likeness (QED) is 0.907.